The van der Waals surface area contributed by atoms with Crippen LogP contribution < -0.4 is 15.2 Å². The zero-order valence-corrected chi connectivity index (χ0v) is 18.5. The lowest BCUT2D eigenvalue weighted by atomic mass is 10.0. The predicted molar refractivity (Wildman–Crippen MR) is 113 cm³/mol. The minimum Gasteiger partial charge on any atom is -0.598 e. The molecule has 29 heavy (non-hydrogen) atoms. The first kappa shape index (κ1) is 22.0. The quantitative estimate of drug-likeness (QED) is 0.760. The van der Waals surface area contributed by atoms with Gasteiger partial charge in [0.05, 0.1) is 23.5 Å². The van der Waals surface area contributed by atoms with E-state index in [9.17, 15) is 18.1 Å². The van der Waals surface area contributed by atoms with E-state index in [4.69, 9.17) is 0 Å². The van der Waals surface area contributed by atoms with Gasteiger partial charge in [0.25, 0.3) is 11.5 Å². The minimum atomic E-state index is -2.79. The first-order valence-electron chi connectivity index (χ1n) is 9.62. The molecular weight excluding hydrogens is 398 g/mol. The molecule has 160 valence electrons. The van der Waals surface area contributed by atoms with Gasteiger partial charge in [0, 0.05) is 36.9 Å². The Balaban J connectivity index is 2.12. The highest BCUT2D eigenvalue weighted by atomic mass is 32.2. The van der Waals surface area contributed by atoms with Gasteiger partial charge in [-0.05, 0) is 46.2 Å². The van der Waals surface area contributed by atoms with Crippen molar-refractivity contribution in [1.29, 1.82) is 0 Å². The Bertz CT molecular complexity index is 987. The standard InChI is InChI=1S/C20H28F2N4O2S/c1-12-9-14(13(2)24-29(28)19(3,4)5)16-15(10-12)17(27)25(6)18(23-16)26-8-7-20(21,22)11-26/h9-10,13,24H,7-8,11H2,1-6H3/t13-,29-/m1/s1. The van der Waals surface area contributed by atoms with Crippen LogP contribution in [-0.4, -0.2) is 37.9 Å². The molecule has 0 spiro atoms. The molecule has 1 aromatic carbocycles. The smallest absolute Gasteiger partial charge is 0.267 e. The summed E-state index contributed by atoms with van der Waals surface area (Å²) < 4.78 is 44.0. The van der Waals surface area contributed by atoms with Crippen molar-refractivity contribution in [2.45, 2.75) is 57.8 Å². The van der Waals surface area contributed by atoms with Crippen LogP contribution in [0.15, 0.2) is 16.9 Å². The molecule has 1 aliphatic heterocycles. The van der Waals surface area contributed by atoms with Crippen molar-refractivity contribution in [3.05, 3.63) is 33.6 Å². The summed E-state index contributed by atoms with van der Waals surface area (Å²) in [5.41, 5.74) is 1.77. The SMILES string of the molecule is Cc1cc([C@@H](C)N[S@+]([O-])C(C)(C)C)c2nc(N3CCC(F)(F)C3)n(C)c(=O)c2c1. The molecule has 0 radical (unpaired) electrons. The van der Waals surface area contributed by atoms with Gasteiger partial charge in [-0.15, -0.1) is 4.72 Å². The van der Waals surface area contributed by atoms with E-state index < -0.39 is 28.6 Å². The van der Waals surface area contributed by atoms with E-state index in [-0.39, 0.29) is 30.5 Å². The molecule has 0 saturated carbocycles. The Labute approximate surface area is 172 Å². The fourth-order valence-corrected chi connectivity index (χ4v) is 4.26. The molecule has 0 amide bonds. The van der Waals surface area contributed by atoms with Crippen molar-refractivity contribution in [3.63, 3.8) is 0 Å². The fourth-order valence-electron chi connectivity index (χ4n) is 3.46. The number of fused-ring (bicyclic) bond motifs is 1. The van der Waals surface area contributed by atoms with Gasteiger partial charge in [-0.1, -0.05) is 6.07 Å². The molecular formula is C20H28F2N4O2S. The number of hydrogen-bond acceptors (Lipinski definition) is 5. The van der Waals surface area contributed by atoms with Crippen LogP contribution >= 0.6 is 0 Å². The predicted octanol–water partition coefficient (Wildman–Crippen LogP) is 3.20. The van der Waals surface area contributed by atoms with Gasteiger partial charge in [-0.3, -0.25) is 9.36 Å². The molecule has 1 aromatic heterocycles. The number of anilines is 1. The summed E-state index contributed by atoms with van der Waals surface area (Å²) in [7, 11) is 1.55. The number of hydrogen-bond donors (Lipinski definition) is 1. The average Bonchev–Trinajstić information content (AvgIpc) is 2.96. The van der Waals surface area contributed by atoms with Gasteiger partial charge in [-0.25, -0.2) is 13.8 Å². The maximum Gasteiger partial charge on any atom is 0.267 e. The second-order valence-corrected chi connectivity index (χ2v) is 10.8. The molecule has 0 aliphatic carbocycles. The monoisotopic (exact) mass is 426 g/mol. The van der Waals surface area contributed by atoms with Crippen LogP contribution in [0.1, 0.15) is 51.3 Å². The molecule has 2 aromatic rings. The molecule has 2 heterocycles. The second kappa shape index (κ2) is 7.52. The molecule has 1 fully saturated rings. The maximum absolute atomic E-state index is 13.7. The van der Waals surface area contributed by atoms with E-state index in [1.165, 1.54) is 9.47 Å². The zero-order valence-electron chi connectivity index (χ0n) is 17.7. The average molecular weight is 427 g/mol. The van der Waals surface area contributed by atoms with Crippen LogP contribution in [0.2, 0.25) is 0 Å². The molecule has 2 atom stereocenters. The summed E-state index contributed by atoms with van der Waals surface area (Å²) in [5, 5.41) is 0.424. The van der Waals surface area contributed by atoms with E-state index >= 15 is 0 Å². The van der Waals surface area contributed by atoms with Gasteiger partial charge in [-0.2, -0.15) is 0 Å². The highest BCUT2D eigenvalue weighted by Gasteiger charge is 2.40. The van der Waals surface area contributed by atoms with E-state index in [2.05, 4.69) is 9.71 Å². The molecule has 1 N–H and O–H groups in total. The summed E-state index contributed by atoms with van der Waals surface area (Å²) >= 11 is -1.32. The molecule has 0 bridgehead atoms. The van der Waals surface area contributed by atoms with Gasteiger partial charge >= 0.3 is 0 Å². The maximum atomic E-state index is 13.7. The number of halogens is 2. The number of benzene rings is 1. The van der Waals surface area contributed by atoms with Crippen molar-refractivity contribution in [2.75, 3.05) is 18.0 Å². The van der Waals surface area contributed by atoms with Crippen LogP contribution in [0.5, 0.6) is 0 Å². The van der Waals surface area contributed by atoms with Gasteiger partial charge in [0.2, 0.25) is 5.95 Å². The third-order valence-corrected chi connectivity index (χ3v) is 6.77. The second-order valence-electron chi connectivity index (χ2n) is 8.77. The molecule has 1 aliphatic rings. The van der Waals surface area contributed by atoms with Crippen molar-refractivity contribution in [3.8, 4) is 0 Å². The Morgan fingerprint density at radius 1 is 1.34 bits per heavy atom. The lowest BCUT2D eigenvalue weighted by Crippen LogP contribution is -2.40. The van der Waals surface area contributed by atoms with Crippen LogP contribution in [0, 0.1) is 6.92 Å². The molecule has 3 rings (SSSR count). The third-order valence-electron chi connectivity index (χ3n) is 5.09. The van der Waals surface area contributed by atoms with Crippen LogP contribution in [0.3, 0.4) is 0 Å². The normalized spacial score (nSPS) is 19.0. The van der Waals surface area contributed by atoms with Crippen molar-refractivity contribution < 1.29 is 13.3 Å². The summed E-state index contributed by atoms with van der Waals surface area (Å²) in [5.74, 6) is -2.56. The van der Waals surface area contributed by atoms with Crippen LogP contribution in [0.4, 0.5) is 14.7 Å². The number of nitrogens with one attached hydrogen (secondary N) is 1. The van der Waals surface area contributed by atoms with Gasteiger partial charge in [0.1, 0.15) is 4.75 Å². The Morgan fingerprint density at radius 3 is 2.55 bits per heavy atom. The summed E-state index contributed by atoms with van der Waals surface area (Å²) in [6.07, 6.45) is -0.260. The Morgan fingerprint density at radius 2 is 2.00 bits per heavy atom. The number of alkyl halides is 2. The lowest BCUT2D eigenvalue weighted by Gasteiger charge is -2.27. The third kappa shape index (κ3) is 4.41. The summed E-state index contributed by atoms with van der Waals surface area (Å²) in [6.45, 7) is 9.04. The van der Waals surface area contributed by atoms with E-state index in [1.807, 2.05) is 40.7 Å². The Kier molecular flexibility index (Phi) is 5.70. The fraction of sp³-hybridized carbons (Fsp3) is 0.600. The van der Waals surface area contributed by atoms with E-state index in [1.54, 1.807) is 13.1 Å². The summed E-state index contributed by atoms with van der Waals surface area (Å²) in [6, 6.07) is 3.31. The highest BCUT2D eigenvalue weighted by Crippen LogP contribution is 2.31. The topological polar surface area (TPSA) is 73.2 Å². The van der Waals surface area contributed by atoms with E-state index in [0.717, 1.165) is 11.1 Å². The van der Waals surface area contributed by atoms with Crippen molar-refractivity contribution in [2.24, 2.45) is 7.05 Å². The molecule has 9 heteroatoms. The van der Waals surface area contributed by atoms with Gasteiger partial charge < -0.3 is 9.45 Å². The first-order chi connectivity index (χ1) is 13.3. The summed E-state index contributed by atoms with van der Waals surface area (Å²) in [4.78, 5) is 19.1. The first-order valence-corrected chi connectivity index (χ1v) is 10.8. The van der Waals surface area contributed by atoms with E-state index in [0.29, 0.717) is 10.9 Å². The molecule has 1 saturated heterocycles. The Hall–Kier alpha value is -1.71. The van der Waals surface area contributed by atoms with Gasteiger partial charge in [0.15, 0.2) is 0 Å². The van der Waals surface area contributed by atoms with Crippen molar-refractivity contribution >= 4 is 28.2 Å². The molecule has 0 unspecified atom stereocenters. The zero-order chi connectivity index (χ0) is 21.7. The number of nitrogens with zero attached hydrogens (tertiary/aromatic N) is 3. The number of aromatic nitrogens is 2. The van der Waals surface area contributed by atoms with Crippen LogP contribution in [-0.2, 0) is 18.4 Å². The minimum absolute atomic E-state index is 0.141. The number of rotatable bonds is 4. The number of aryl methyl sites for hydroxylation is 1. The van der Waals surface area contributed by atoms with Crippen molar-refractivity contribution in [1.82, 2.24) is 14.3 Å². The largest absolute Gasteiger partial charge is 0.598 e. The molecule has 6 nitrogen and oxygen atoms in total. The highest BCUT2D eigenvalue weighted by molar-refractivity contribution is 7.90. The lowest BCUT2D eigenvalue weighted by molar-refractivity contribution is 0.0256. The van der Waals surface area contributed by atoms with Crippen LogP contribution in [0.25, 0.3) is 10.9 Å².